The number of hydrogen-bond acceptors (Lipinski definition) is 3. The molecule has 0 amide bonds. The van der Waals surface area contributed by atoms with Gasteiger partial charge >= 0.3 is 0 Å². The molecule has 0 atom stereocenters. The zero-order chi connectivity index (χ0) is 12.7. The van der Waals surface area contributed by atoms with E-state index in [1.54, 1.807) is 12.2 Å². The van der Waals surface area contributed by atoms with Crippen LogP contribution >= 0.6 is 0 Å². The summed E-state index contributed by atoms with van der Waals surface area (Å²) >= 11 is 0. The number of ether oxygens (including phenoxy) is 1. The molecule has 17 heavy (non-hydrogen) atoms. The predicted octanol–water partition coefficient (Wildman–Crippen LogP) is 3.73. The van der Waals surface area contributed by atoms with E-state index in [-0.39, 0.29) is 5.57 Å². The molecular formula is C14H16N2O. The quantitative estimate of drug-likeness (QED) is 0.689. The summed E-state index contributed by atoms with van der Waals surface area (Å²) < 4.78 is 5.71. The molecule has 0 N–H and O–H groups in total. The predicted molar refractivity (Wildman–Crippen MR) is 65.3 cm³/mol. The lowest BCUT2D eigenvalue weighted by atomic mass is 10.0. The summed E-state index contributed by atoms with van der Waals surface area (Å²) in [6.07, 6.45) is 7.21. The Balaban J connectivity index is 3.09. The van der Waals surface area contributed by atoms with Crippen LogP contribution in [0.4, 0.5) is 0 Å². The summed E-state index contributed by atoms with van der Waals surface area (Å²) in [6.45, 7) is 4.14. The average Bonchev–Trinajstić information content (AvgIpc) is 2.31. The van der Waals surface area contributed by atoms with Crippen LogP contribution in [0.1, 0.15) is 39.5 Å². The van der Waals surface area contributed by atoms with Crippen molar-refractivity contribution >= 4 is 0 Å². The lowest BCUT2D eigenvalue weighted by molar-refractivity contribution is 0.270. The number of nitrogens with zero attached hydrogens (tertiary/aromatic N) is 2. The van der Waals surface area contributed by atoms with Gasteiger partial charge < -0.3 is 4.74 Å². The molecule has 0 aromatic rings. The highest BCUT2D eigenvalue weighted by Gasteiger charge is 2.13. The molecule has 1 heterocycles. The van der Waals surface area contributed by atoms with E-state index < -0.39 is 0 Å². The lowest BCUT2D eigenvalue weighted by Gasteiger charge is -2.17. The minimum absolute atomic E-state index is 0.149. The van der Waals surface area contributed by atoms with Crippen molar-refractivity contribution in [2.24, 2.45) is 0 Å². The third kappa shape index (κ3) is 3.50. The Morgan fingerprint density at radius 1 is 1.06 bits per heavy atom. The van der Waals surface area contributed by atoms with E-state index >= 15 is 0 Å². The molecule has 0 spiro atoms. The van der Waals surface area contributed by atoms with Gasteiger partial charge in [-0.25, -0.2) is 0 Å². The van der Waals surface area contributed by atoms with E-state index in [0.29, 0.717) is 5.57 Å². The monoisotopic (exact) mass is 228 g/mol. The molecule has 1 rings (SSSR count). The standard InChI is InChI=1S/C14H16N2O/c1-3-5-13-7-11(12(9-15)10-16)8-14(17-13)6-4-2/h7-8H,3-6H2,1-2H3. The summed E-state index contributed by atoms with van der Waals surface area (Å²) in [4.78, 5) is 0. The Bertz CT molecular complexity index is 416. The first-order valence-corrected chi connectivity index (χ1v) is 5.88. The van der Waals surface area contributed by atoms with Crippen molar-refractivity contribution in [2.45, 2.75) is 39.5 Å². The Morgan fingerprint density at radius 2 is 1.53 bits per heavy atom. The molecule has 0 aromatic heterocycles. The van der Waals surface area contributed by atoms with Gasteiger partial charge in [0.05, 0.1) is 0 Å². The topological polar surface area (TPSA) is 56.8 Å². The van der Waals surface area contributed by atoms with Gasteiger partial charge in [-0.3, -0.25) is 0 Å². The molecule has 0 aliphatic carbocycles. The van der Waals surface area contributed by atoms with Crippen LogP contribution in [0.15, 0.2) is 34.8 Å². The molecule has 0 unspecified atom stereocenters. The molecule has 1 aliphatic rings. The molecule has 0 radical (unpaired) electrons. The van der Waals surface area contributed by atoms with Crippen molar-refractivity contribution in [1.29, 1.82) is 10.5 Å². The highest BCUT2D eigenvalue weighted by molar-refractivity contribution is 5.52. The largest absolute Gasteiger partial charge is 0.466 e. The van der Waals surface area contributed by atoms with E-state index in [9.17, 15) is 0 Å². The van der Waals surface area contributed by atoms with Gasteiger partial charge in [-0.2, -0.15) is 10.5 Å². The van der Waals surface area contributed by atoms with Gasteiger partial charge in [0.15, 0.2) is 0 Å². The van der Waals surface area contributed by atoms with E-state index in [1.165, 1.54) is 0 Å². The summed E-state index contributed by atoms with van der Waals surface area (Å²) in [5, 5.41) is 17.8. The number of rotatable bonds is 4. The number of hydrogen-bond donors (Lipinski definition) is 0. The van der Waals surface area contributed by atoms with Crippen molar-refractivity contribution in [3.8, 4) is 12.1 Å². The maximum Gasteiger partial charge on any atom is 0.137 e. The highest BCUT2D eigenvalue weighted by atomic mass is 16.5. The molecule has 3 heteroatoms. The number of nitriles is 2. The first-order chi connectivity index (χ1) is 8.24. The summed E-state index contributed by atoms with van der Waals surface area (Å²) in [7, 11) is 0. The van der Waals surface area contributed by atoms with E-state index in [4.69, 9.17) is 15.3 Å². The zero-order valence-corrected chi connectivity index (χ0v) is 10.3. The smallest absolute Gasteiger partial charge is 0.137 e. The normalized spacial score (nSPS) is 14.0. The summed E-state index contributed by atoms with van der Waals surface area (Å²) in [5.74, 6) is 1.69. The second-order valence-electron chi connectivity index (χ2n) is 3.88. The van der Waals surface area contributed by atoms with Crippen LogP contribution in [0.3, 0.4) is 0 Å². The van der Waals surface area contributed by atoms with Crippen LogP contribution < -0.4 is 0 Å². The molecule has 1 aliphatic heterocycles. The fraction of sp³-hybridized carbons (Fsp3) is 0.429. The van der Waals surface area contributed by atoms with Gasteiger partial charge in [0.2, 0.25) is 0 Å². The van der Waals surface area contributed by atoms with Crippen molar-refractivity contribution in [3.05, 3.63) is 34.8 Å². The molecule has 3 nitrogen and oxygen atoms in total. The van der Waals surface area contributed by atoms with E-state index in [1.807, 2.05) is 12.1 Å². The summed E-state index contributed by atoms with van der Waals surface area (Å²) in [5.41, 5.74) is 0.823. The van der Waals surface area contributed by atoms with Crippen LogP contribution in [-0.4, -0.2) is 0 Å². The van der Waals surface area contributed by atoms with Crippen molar-refractivity contribution < 1.29 is 4.74 Å². The van der Waals surface area contributed by atoms with Crippen LogP contribution in [0, 0.1) is 22.7 Å². The molecule has 0 saturated heterocycles. The van der Waals surface area contributed by atoms with Gasteiger partial charge in [0.1, 0.15) is 29.2 Å². The van der Waals surface area contributed by atoms with Crippen LogP contribution in [0.2, 0.25) is 0 Å². The fourth-order valence-electron chi connectivity index (χ4n) is 1.65. The Hall–Kier alpha value is -2.00. The molecule has 88 valence electrons. The Kier molecular flexibility index (Phi) is 5.04. The second kappa shape index (κ2) is 6.55. The third-order valence-electron chi connectivity index (χ3n) is 2.40. The fourth-order valence-corrected chi connectivity index (χ4v) is 1.65. The third-order valence-corrected chi connectivity index (χ3v) is 2.40. The average molecular weight is 228 g/mol. The Morgan fingerprint density at radius 3 is 1.88 bits per heavy atom. The van der Waals surface area contributed by atoms with Crippen molar-refractivity contribution in [2.75, 3.05) is 0 Å². The van der Waals surface area contributed by atoms with Crippen LogP contribution in [0.25, 0.3) is 0 Å². The van der Waals surface area contributed by atoms with Crippen LogP contribution in [-0.2, 0) is 4.74 Å². The van der Waals surface area contributed by atoms with Gasteiger partial charge in [-0.1, -0.05) is 13.8 Å². The molecule has 0 aromatic carbocycles. The summed E-state index contributed by atoms with van der Waals surface area (Å²) in [6, 6.07) is 3.84. The maximum absolute atomic E-state index is 8.88. The number of allylic oxidation sites excluding steroid dienone is 6. The zero-order valence-electron chi connectivity index (χ0n) is 10.3. The maximum atomic E-state index is 8.88. The minimum Gasteiger partial charge on any atom is -0.466 e. The van der Waals surface area contributed by atoms with Crippen molar-refractivity contribution in [1.82, 2.24) is 0 Å². The minimum atomic E-state index is 0.149. The molecule has 0 bridgehead atoms. The van der Waals surface area contributed by atoms with Gasteiger partial charge in [-0.15, -0.1) is 0 Å². The van der Waals surface area contributed by atoms with E-state index in [2.05, 4.69) is 13.8 Å². The molecule has 0 fully saturated rings. The highest BCUT2D eigenvalue weighted by Crippen LogP contribution is 2.26. The first kappa shape index (κ1) is 13.1. The first-order valence-electron chi connectivity index (χ1n) is 5.88. The molecule has 0 saturated carbocycles. The van der Waals surface area contributed by atoms with Gasteiger partial charge in [0, 0.05) is 18.4 Å². The lowest BCUT2D eigenvalue weighted by Crippen LogP contribution is -2.01. The molecular weight excluding hydrogens is 212 g/mol. The van der Waals surface area contributed by atoms with Gasteiger partial charge in [0.25, 0.3) is 0 Å². The SMILES string of the molecule is CCCC1=CC(=C(C#N)C#N)C=C(CCC)O1. The van der Waals surface area contributed by atoms with Crippen molar-refractivity contribution in [3.63, 3.8) is 0 Å². The second-order valence-corrected chi connectivity index (χ2v) is 3.88. The van der Waals surface area contributed by atoms with Gasteiger partial charge in [-0.05, 0) is 25.0 Å². The Labute approximate surface area is 102 Å². The van der Waals surface area contributed by atoms with E-state index in [0.717, 1.165) is 37.2 Å². The van der Waals surface area contributed by atoms with Crippen LogP contribution in [0.5, 0.6) is 0 Å².